The van der Waals surface area contributed by atoms with Gasteiger partial charge < -0.3 is 14.8 Å². The number of nitrogens with one attached hydrogen (secondary N) is 1. The molecule has 0 fully saturated rings. The zero-order valence-electron chi connectivity index (χ0n) is 17.3. The number of carbonyl (C=O) groups is 1. The van der Waals surface area contributed by atoms with E-state index in [0.717, 1.165) is 45.1 Å². The van der Waals surface area contributed by atoms with Crippen molar-refractivity contribution in [2.24, 2.45) is 0 Å². The molecule has 5 heteroatoms. The van der Waals surface area contributed by atoms with E-state index in [2.05, 4.69) is 5.32 Å². The Kier molecular flexibility index (Phi) is 6.50. The maximum atomic E-state index is 12.5. The number of benzene rings is 2. The number of hydrogen-bond acceptors (Lipinski definition) is 4. The number of methoxy groups -OCH3 is 2. The molecule has 29 heavy (non-hydrogen) atoms. The Hall–Kier alpha value is -3.34. The van der Waals surface area contributed by atoms with Crippen LogP contribution in [0.25, 0.3) is 11.3 Å². The van der Waals surface area contributed by atoms with Gasteiger partial charge in [-0.25, -0.2) is 0 Å². The zero-order valence-corrected chi connectivity index (χ0v) is 17.3. The lowest BCUT2D eigenvalue weighted by atomic mass is 10.0. The lowest BCUT2D eigenvalue weighted by molar-refractivity contribution is -0.120. The first-order valence-corrected chi connectivity index (χ1v) is 9.51. The number of rotatable bonds is 7. The number of nitrogens with zero attached hydrogens (tertiary/aromatic N) is 1. The van der Waals surface area contributed by atoms with E-state index in [1.54, 1.807) is 14.2 Å². The maximum absolute atomic E-state index is 12.5. The summed E-state index contributed by atoms with van der Waals surface area (Å²) in [6, 6.07) is 17.4. The molecule has 5 nitrogen and oxygen atoms in total. The molecule has 0 radical (unpaired) electrons. The fraction of sp³-hybridized carbons (Fsp3) is 0.250. The molecule has 0 bridgehead atoms. The smallest absolute Gasteiger partial charge is 0.224 e. The van der Waals surface area contributed by atoms with E-state index in [1.165, 1.54) is 0 Å². The fourth-order valence-corrected chi connectivity index (χ4v) is 3.29. The van der Waals surface area contributed by atoms with Crippen molar-refractivity contribution in [3.8, 4) is 22.8 Å². The minimum absolute atomic E-state index is 0.0427. The van der Waals surface area contributed by atoms with Crippen LogP contribution in [0.3, 0.4) is 0 Å². The van der Waals surface area contributed by atoms with Crippen LogP contribution in [0.4, 0.5) is 0 Å². The summed E-state index contributed by atoms with van der Waals surface area (Å²) in [5.74, 6) is 1.50. The van der Waals surface area contributed by atoms with Crippen LogP contribution in [0.15, 0.2) is 54.6 Å². The molecule has 0 atom stereocenters. The van der Waals surface area contributed by atoms with E-state index in [4.69, 9.17) is 14.5 Å². The molecule has 3 rings (SSSR count). The normalized spacial score (nSPS) is 10.5. The third kappa shape index (κ3) is 5.13. The first-order chi connectivity index (χ1) is 14.0. The highest BCUT2D eigenvalue weighted by atomic mass is 16.5. The van der Waals surface area contributed by atoms with E-state index < -0.39 is 0 Å². The molecule has 1 aromatic heterocycles. The van der Waals surface area contributed by atoms with Crippen LogP contribution in [0.1, 0.15) is 22.4 Å². The highest BCUT2D eigenvalue weighted by Crippen LogP contribution is 2.27. The number of carbonyl (C=O) groups excluding carboxylic acids is 1. The van der Waals surface area contributed by atoms with Crippen molar-refractivity contribution in [1.82, 2.24) is 10.3 Å². The summed E-state index contributed by atoms with van der Waals surface area (Å²) < 4.78 is 10.5. The van der Waals surface area contributed by atoms with Gasteiger partial charge in [-0.05, 0) is 67.4 Å². The molecule has 3 aromatic rings. The van der Waals surface area contributed by atoms with Crippen LogP contribution >= 0.6 is 0 Å². The van der Waals surface area contributed by atoms with Gasteiger partial charge in [-0.15, -0.1) is 0 Å². The molecule has 0 spiro atoms. The molecule has 150 valence electrons. The summed E-state index contributed by atoms with van der Waals surface area (Å²) in [5, 5.41) is 3.03. The van der Waals surface area contributed by atoms with Crippen LogP contribution in [0.5, 0.6) is 11.5 Å². The summed E-state index contributed by atoms with van der Waals surface area (Å²) in [4.78, 5) is 17.2. The van der Waals surface area contributed by atoms with Crippen molar-refractivity contribution in [2.75, 3.05) is 14.2 Å². The maximum Gasteiger partial charge on any atom is 0.224 e. The highest BCUT2D eigenvalue weighted by molar-refractivity contribution is 5.79. The Bertz CT molecular complexity index is 998. The number of hydrogen-bond donors (Lipinski definition) is 1. The standard InChI is InChI=1S/C24H26N2O3/c1-16-12-17(2)26-24(19-8-10-20(28-3)11-9-19)22(16)15-25-23(27)14-18-6-5-7-21(13-18)29-4/h5-13H,14-15H2,1-4H3,(H,25,27). The summed E-state index contributed by atoms with van der Waals surface area (Å²) in [5.41, 5.74) is 5.85. The van der Waals surface area contributed by atoms with Crippen LogP contribution in [0, 0.1) is 13.8 Å². The van der Waals surface area contributed by atoms with Gasteiger partial charge in [-0.1, -0.05) is 12.1 Å². The predicted molar refractivity (Wildman–Crippen MR) is 114 cm³/mol. The second-order valence-electron chi connectivity index (χ2n) is 6.94. The minimum atomic E-state index is -0.0427. The zero-order chi connectivity index (χ0) is 20.8. The Morgan fingerprint density at radius 1 is 0.966 bits per heavy atom. The minimum Gasteiger partial charge on any atom is -0.497 e. The van der Waals surface area contributed by atoms with Gasteiger partial charge >= 0.3 is 0 Å². The van der Waals surface area contributed by atoms with E-state index >= 15 is 0 Å². The van der Waals surface area contributed by atoms with Crippen molar-refractivity contribution in [3.63, 3.8) is 0 Å². The van der Waals surface area contributed by atoms with Crippen LogP contribution in [0.2, 0.25) is 0 Å². The lowest BCUT2D eigenvalue weighted by Gasteiger charge is -2.15. The van der Waals surface area contributed by atoms with E-state index in [1.807, 2.05) is 68.4 Å². The topological polar surface area (TPSA) is 60.5 Å². The molecular weight excluding hydrogens is 364 g/mol. The SMILES string of the molecule is COc1ccc(-c2nc(C)cc(C)c2CNC(=O)Cc2cccc(OC)c2)cc1. The van der Waals surface area contributed by atoms with Crippen molar-refractivity contribution in [2.45, 2.75) is 26.8 Å². The molecule has 0 aliphatic carbocycles. The molecule has 0 saturated heterocycles. The lowest BCUT2D eigenvalue weighted by Crippen LogP contribution is -2.25. The Balaban J connectivity index is 1.78. The van der Waals surface area contributed by atoms with Crippen LogP contribution < -0.4 is 14.8 Å². The Labute approximate surface area is 171 Å². The van der Waals surface area contributed by atoms with Gasteiger partial charge in [-0.3, -0.25) is 9.78 Å². The molecule has 2 aromatic carbocycles. The van der Waals surface area contributed by atoms with Crippen molar-refractivity contribution < 1.29 is 14.3 Å². The average molecular weight is 390 g/mol. The number of aromatic nitrogens is 1. The molecular formula is C24H26N2O3. The highest BCUT2D eigenvalue weighted by Gasteiger charge is 2.13. The summed E-state index contributed by atoms with van der Waals surface area (Å²) in [6.07, 6.45) is 0.299. The molecule has 1 amide bonds. The monoisotopic (exact) mass is 390 g/mol. The fourth-order valence-electron chi connectivity index (χ4n) is 3.29. The van der Waals surface area contributed by atoms with Gasteiger partial charge in [0, 0.05) is 23.4 Å². The van der Waals surface area contributed by atoms with Crippen molar-refractivity contribution in [1.29, 1.82) is 0 Å². The van der Waals surface area contributed by atoms with E-state index in [0.29, 0.717) is 13.0 Å². The number of ether oxygens (including phenoxy) is 2. The third-order valence-corrected chi connectivity index (χ3v) is 4.80. The second-order valence-corrected chi connectivity index (χ2v) is 6.94. The van der Waals surface area contributed by atoms with Gasteiger partial charge in [0.2, 0.25) is 5.91 Å². The predicted octanol–water partition coefficient (Wildman–Crippen LogP) is 4.24. The third-order valence-electron chi connectivity index (χ3n) is 4.80. The van der Waals surface area contributed by atoms with Crippen molar-refractivity contribution in [3.05, 3.63) is 77.0 Å². The molecule has 1 heterocycles. The number of amides is 1. The molecule has 0 aliphatic rings. The number of pyridine rings is 1. The number of aryl methyl sites for hydroxylation is 2. The molecule has 1 N–H and O–H groups in total. The second kappa shape index (κ2) is 9.24. The first kappa shape index (κ1) is 20.4. The molecule has 0 unspecified atom stereocenters. The van der Waals surface area contributed by atoms with E-state index in [9.17, 15) is 4.79 Å². The quantitative estimate of drug-likeness (QED) is 0.655. The van der Waals surface area contributed by atoms with Gasteiger partial charge in [0.25, 0.3) is 0 Å². The summed E-state index contributed by atoms with van der Waals surface area (Å²) in [7, 11) is 3.26. The average Bonchev–Trinajstić information content (AvgIpc) is 2.72. The van der Waals surface area contributed by atoms with Crippen molar-refractivity contribution >= 4 is 5.91 Å². The van der Waals surface area contributed by atoms with Gasteiger partial charge in [0.05, 0.1) is 26.3 Å². The molecule has 0 aliphatic heterocycles. The Morgan fingerprint density at radius 3 is 2.38 bits per heavy atom. The van der Waals surface area contributed by atoms with Gasteiger partial charge in [-0.2, -0.15) is 0 Å². The van der Waals surface area contributed by atoms with Gasteiger partial charge in [0.15, 0.2) is 0 Å². The summed E-state index contributed by atoms with van der Waals surface area (Å²) >= 11 is 0. The van der Waals surface area contributed by atoms with Crippen LogP contribution in [-0.4, -0.2) is 25.1 Å². The largest absolute Gasteiger partial charge is 0.497 e. The molecule has 0 saturated carbocycles. The Morgan fingerprint density at radius 2 is 1.69 bits per heavy atom. The van der Waals surface area contributed by atoms with Gasteiger partial charge in [0.1, 0.15) is 11.5 Å². The van der Waals surface area contributed by atoms with Crippen LogP contribution in [-0.2, 0) is 17.8 Å². The summed E-state index contributed by atoms with van der Waals surface area (Å²) in [6.45, 7) is 4.44. The van der Waals surface area contributed by atoms with E-state index in [-0.39, 0.29) is 5.91 Å². The first-order valence-electron chi connectivity index (χ1n) is 9.51.